The minimum atomic E-state index is -4.53. The van der Waals surface area contributed by atoms with Crippen molar-refractivity contribution in [1.29, 1.82) is 0 Å². The quantitative estimate of drug-likeness (QED) is 0.548. The Morgan fingerprint density at radius 2 is 1.91 bits per heavy atom. The average Bonchev–Trinajstić information content (AvgIpc) is 3.11. The van der Waals surface area contributed by atoms with E-state index in [0.29, 0.717) is 18.0 Å². The van der Waals surface area contributed by atoms with Crippen molar-refractivity contribution in [3.05, 3.63) is 57.7 Å². The number of halogens is 4. The van der Waals surface area contributed by atoms with E-state index >= 15 is 0 Å². The van der Waals surface area contributed by atoms with Crippen LogP contribution in [0.3, 0.4) is 0 Å². The van der Waals surface area contributed by atoms with Crippen molar-refractivity contribution >= 4 is 39.5 Å². The highest BCUT2D eigenvalue weighted by Gasteiger charge is 2.31. The molecule has 3 rings (SSSR count). The lowest BCUT2D eigenvalue weighted by Gasteiger charge is -2.23. The van der Waals surface area contributed by atoms with Crippen molar-refractivity contribution < 1.29 is 27.5 Å². The number of amides is 2. The summed E-state index contributed by atoms with van der Waals surface area (Å²) in [5, 5.41) is 5.11. The molecular formula is C23H24BrF3N4O3. The molecule has 1 heterocycles. The number of nitrogens with one attached hydrogen (secondary N) is 2. The fourth-order valence-corrected chi connectivity index (χ4v) is 3.63. The van der Waals surface area contributed by atoms with Crippen LogP contribution in [0.1, 0.15) is 38.3 Å². The number of rotatable bonds is 6. The number of amidine groups is 1. The topological polar surface area (TPSA) is 92.1 Å². The maximum Gasteiger partial charge on any atom is 0.416 e. The maximum absolute atomic E-state index is 13.1. The van der Waals surface area contributed by atoms with Crippen LogP contribution in [0, 0.1) is 0 Å². The van der Waals surface area contributed by atoms with Crippen LogP contribution < -0.4 is 10.6 Å². The number of allylic oxidation sites excluding steroid dienone is 4. The standard InChI is InChI=1S/C23H24BrF3N4O3/c1-22(2,3)34-21(33)31-18(10-13-5-4-6-14(9-13)23(25,26)27)20(32)28-12-19-29-16-8-7-15(24)11-17(16)30-19/h4-9,18H,10-12H2,1-3H3,(H,28,32)(H,31,33)/t18-/m1/s1. The van der Waals surface area contributed by atoms with Gasteiger partial charge in [0.2, 0.25) is 5.91 Å². The van der Waals surface area contributed by atoms with Gasteiger partial charge in [0.1, 0.15) is 17.5 Å². The Morgan fingerprint density at radius 3 is 2.59 bits per heavy atom. The molecule has 1 aliphatic heterocycles. The Balaban J connectivity index is 1.72. The number of benzene rings is 1. The molecule has 0 fully saturated rings. The molecule has 182 valence electrons. The summed E-state index contributed by atoms with van der Waals surface area (Å²) in [4.78, 5) is 34.0. The predicted octanol–water partition coefficient (Wildman–Crippen LogP) is 4.68. The van der Waals surface area contributed by atoms with Crippen LogP contribution in [-0.2, 0) is 22.1 Å². The lowest BCUT2D eigenvalue weighted by molar-refractivity contribution is -0.137. The van der Waals surface area contributed by atoms with E-state index in [4.69, 9.17) is 4.74 Å². The number of carbonyl (C=O) groups is 2. The minimum absolute atomic E-state index is 0.00756. The summed E-state index contributed by atoms with van der Waals surface area (Å²) in [7, 11) is 0. The van der Waals surface area contributed by atoms with E-state index in [-0.39, 0.29) is 18.5 Å². The number of alkyl carbamates (subject to hydrolysis) is 1. The largest absolute Gasteiger partial charge is 0.444 e. The van der Waals surface area contributed by atoms with Gasteiger partial charge in [-0.15, -0.1) is 0 Å². The molecule has 0 radical (unpaired) electrons. The lowest BCUT2D eigenvalue weighted by atomic mass is 10.0. The van der Waals surface area contributed by atoms with Crippen molar-refractivity contribution in [2.75, 3.05) is 6.54 Å². The Hall–Kier alpha value is -2.95. The number of hydrogen-bond donors (Lipinski definition) is 2. The molecule has 0 spiro atoms. The van der Waals surface area contributed by atoms with E-state index in [1.54, 1.807) is 20.8 Å². The van der Waals surface area contributed by atoms with Gasteiger partial charge in [-0.2, -0.15) is 13.2 Å². The predicted molar refractivity (Wildman–Crippen MR) is 126 cm³/mol. The van der Waals surface area contributed by atoms with Crippen LogP contribution in [0.5, 0.6) is 0 Å². The zero-order valence-corrected chi connectivity index (χ0v) is 20.4. The number of alkyl halides is 3. The van der Waals surface area contributed by atoms with Gasteiger partial charge in [0.05, 0.1) is 23.5 Å². The minimum Gasteiger partial charge on any atom is -0.444 e. The number of fused-ring (bicyclic) bond motifs is 1. The van der Waals surface area contributed by atoms with Gasteiger partial charge < -0.3 is 15.4 Å². The van der Waals surface area contributed by atoms with Crippen LogP contribution in [-0.4, -0.2) is 41.7 Å². The second-order valence-electron chi connectivity index (χ2n) is 8.75. The van der Waals surface area contributed by atoms with E-state index < -0.39 is 35.4 Å². The molecule has 1 aromatic rings. The third kappa shape index (κ3) is 7.28. The molecular weight excluding hydrogens is 517 g/mol. The van der Waals surface area contributed by atoms with E-state index in [0.717, 1.165) is 22.3 Å². The number of carbonyl (C=O) groups excluding carboxylic acids is 2. The molecule has 2 N–H and O–H groups in total. The number of ether oxygens (including phenoxy) is 1. The molecule has 11 heteroatoms. The van der Waals surface area contributed by atoms with Gasteiger partial charge in [0.25, 0.3) is 0 Å². The summed E-state index contributed by atoms with van der Waals surface area (Å²) in [5.41, 5.74) is 0.0538. The summed E-state index contributed by atoms with van der Waals surface area (Å²) in [5.74, 6) is -0.213. The molecule has 34 heavy (non-hydrogen) atoms. The molecule has 0 bridgehead atoms. The molecule has 0 aromatic heterocycles. The highest BCUT2D eigenvalue weighted by molar-refractivity contribution is 9.11. The van der Waals surface area contributed by atoms with Crippen LogP contribution in [0.2, 0.25) is 0 Å². The van der Waals surface area contributed by atoms with Gasteiger partial charge in [-0.05, 0) is 44.6 Å². The van der Waals surface area contributed by atoms with Crippen molar-refractivity contribution in [2.24, 2.45) is 9.98 Å². The Morgan fingerprint density at radius 1 is 1.18 bits per heavy atom. The smallest absolute Gasteiger partial charge is 0.416 e. The molecule has 2 aliphatic rings. The summed E-state index contributed by atoms with van der Waals surface area (Å²) in [6.07, 6.45) is -1.29. The molecule has 1 aliphatic carbocycles. The van der Waals surface area contributed by atoms with E-state index in [2.05, 4.69) is 36.5 Å². The van der Waals surface area contributed by atoms with Gasteiger partial charge in [0, 0.05) is 17.3 Å². The summed E-state index contributed by atoms with van der Waals surface area (Å²) >= 11 is 3.41. The van der Waals surface area contributed by atoms with E-state index in [1.165, 1.54) is 12.1 Å². The molecule has 0 unspecified atom stereocenters. The fourth-order valence-electron chi connectivity index (χ4n) is 3.23. The monoisotopic (exact) mass is 540 g/mol. The van der Waals surface area contributed by atoms with Crippen molar-refractivity contribution in [1.82, 2.24) is 10.6 Å². The van der Waals surface area contributed by atoms with Crippen molar-refractivity contribution in [3.8, 4) is 0 Å². The highest BCUT2D eigenvalue weighted by atomic mass is 79.9. The maximum atomic E-state index is 13.1. The van der Waals surface area contributed by atoms with Crippen molar-refractivity contribution in [2.45, 2.75) is 51.4 Å². The molecule has 1 atom stereocenters. The van der Waals surface area contributed by atoms with Crippen molar-refractivity contribution in [3.63, 3.8) is 0 Å². The number of aliphatic imine (C=N–C) groups is 2. The zero-order valence-electron chi connectivity index (χ0n) is 18.8. The van der Waals surface area contributed by atoms with Crippen LogP contribution in [0.4, 0.5) is 18.0 Å². The fraction of sp³-hybridized carbons (Fsp3) is 0.391. The summed E-state index contributed by atoms with van der Waals surface area (Å²) in [6, 6.07) is 3.43. The first-order valence-corrected chi connectivity index (χ1v) is 11.2. The number of hydrogen-bond acceptors (Lipinski definition) is 5. The normalized spacial score (nSPS) is 16.4. The second kappa shape index (κ2) is 10.1. The van der Waals surface area contributed by atoms with Crippen LogP contribution >= 0.6 is 15.9 Å². The van der Waals surface area contributed by atoms with Gasteiger partial charge in [-0.1, -0.05) is 34.1 Å². The zero-order chi connectivity index (χ0) is 25.1. The summed E-state index contributed by atoms with van der Waals surface area (Å²) in [6.45, 7) is 4.97. The molecule has 1 aromatic carbocycles. The van der Waals surface area contributed by atoms with E-state index in [1.807, 2.05) is 12.2 Å². The Kier molecular flexibility index (Phi) is 7.64. The second-order valence-corrected chi connectivity index (χ2v) is 9.77. The summed E-state index contributed by atoms with van der Waals surface area (Å²) < 4.78 is 45.5. The Bertz CT molecular complexity index is 1100. The molecule has 7 nitrogen and oxygen atoms in total. The molecule has 0 saturated heterocycles. The van der Waals surface area contributed by atoms with Crippen LogP contribution in [0.25, 0.3) is 0 Å². The first-order valence-electron chi connectivity index (χ1n) is 10.5. The average molecular weight is 541 g/mol. The third-order valence-electron chi connectivity index (χ3n) is 4.69. The lowest BCUT2D eigenvalue weighted by Crippen LogP contribution is -2.50. The Labute approximate surface area is 203 Å². The third-order valence-corrected chi connectivity index (χ3v) is 5.23. The van der Waals surface area contributed by atoms with E-state index in [9.17, 15) is 22.8 Å². The molecule has 0 saturated carbocycles. The highest BCUT2D eigenvalue weighted by Crippen LogP contribution is 2.30. The van der Waals surface area contributed by atoms with Gasteiger partial charge in [-0.3, -0.25) is 4.79 Å². The van der Waals surface area contributed by atoms with Crippen LogP contribution in [0.15, 0.2) is 56.6 Å². The van der Waals surface area contributed by atoms with Gasteiger partial charge in [0.15, 0.2) is 0 Å². The SMILES string of the molecule is CC(C)(C)OC(=O)N[C@H](Cc1cccc(C(F)(F)F)c1)C(=O)NCC1=NC2=CC=C(Br)CC2=N1. The van der Waals surface area contributed by atoms with Gasteiger partial charge >= 0.3 is 12.3 Å². The number of nitrogens with zero attached hydrogens (tertiary/aromatic N) is 2. The first-order chi connectivity index (χ1) is 15.8. The van der Waals surface area contributed by atoms with Gasteiger partial charge in [-0.25, -0.2) is 14.8 Å². The first kappa shape index (κ1) is 25.7. The molecule has 2 amide bonds.